The molecule has 5 aromatic rings. The highest BCUT2D eigenvalue weighted by atomic mass is 16.3. The van der Waals surface area contributed by atoms with Gasteiger partial charge in [0.2, 0.25) is 5.88 Å². The topological polar surface area (TPSA) is 70.7 Å². The van der Waals surface area contributed by atoms with Crippen LogP contribution >= 0.6 is 0 Å². The van der Waals surface area contributed by atoms with Crippen molar-refractivity contribution < 1.29 is 10.2 Å². The molecule has 0 aliphatic carbocycles. The van der Waals surface area contributed by atoms with E-state index in [4.69, 9.17) is 9.97 Å². The van der Waals surface area contributed by atoms with Crippen LogP contribution in [-0.2, 0) is 12.8 Å². The number of imidazole rings is 1. The van der Waals surface area contributed by atoms with E-state index < -0.39 is 0 Å². The van der Waals surface area contributed by atoms with Gasteiger partial charge in [0.25, 0.3) is 0 Å². The average Bonchev–Trinajstić information content (AvgIpc) is 3.12. The Morgan fingerprint density at radius 2 is 1.47 bits per heavy atom. The maximum atomic E-state index is 11.0. The van der Waals surface area contributed by atoms with Crippen LogP contribution < -0.4 is 0 Å². The minimum absolute atomic E-state index is 0.110. The molecule has 3 aromatic carbocycles. The van der Waals surface area contributed by atoms with E-state index in [-0.39, 0.29) is 11.6 Å². The third-order valence-corrected chi connectivity index (χ3v) is 5.57. The minimum Gasteiger partial charge on any atom is -0.508 e. The lowest BCUT2D eigenvalue weighted by Crippen LogP contribution is -2.00. The maximum absolute atomic E-state index is 11.0. The van der Waals surface area contributed by atoms with E-state index in [1.165, 1.54) is 5.56 Å². The number of aromatic hydroxyl groups is 2. The number of hydrogen-bond donors (Lipinski definition) is 2. The molecule has 0 radical (unpaired) electrons. The first-order valence-electron chi connectivity index (χ1n) is 10.6. The molecule has 32 heavy (non-hydrogen) atoms. The molecule has 0 unspecified atom stereocenters. The second-order valence-corrected chi connectivity index (χ2v) is 8.02. The van der Waals surface area contributed by atoms with Gasteiger partial charge in [0, 0.05) is 24.6 Å². The largest absolute Gasteiger partial charge is 0.508 e. The van der Waals surface area contributed by atoms with E-state index in [2.05, 4.69) is 43.3 Å². The molecule has 2 heterocycles. The van der Waals surface area contributed by atoms with Crippen molar-refractivity contribution in [1.82, 2.24) is 14.4 Å². The summed E-state index contributed by atoms with van der Waals surface area (Å²) in [4.78, 5) is 9.65. The summed E-state index contributed by atoms with van der Waals surface area (Å²) in [5.74, 6) is 0.280. The summed E-state index contributed by atoms with van der Waals surface area (Å²) in [6.45, 7) is 2.05. The summed E-state index contributed by atoms with van der Waals surface area (Å²) >= 11 is 0. The molecule has 5 heteroatoms. The number of aryl methyl sites for hydroxylation is 1. The molecule has 0 aliphatic heterocycles. The molecule has 0 saturated carbocycles. The molecule has 5 nitrogen and oxygen atoms in total. The van der Waals surface area contributed by atoms with Crippen molar-refractivity contribution in [3.05, 3.63) is 113 Å². The number of phenolic OH excluding ortho intramolecular Hbond substituents is 1. The van der Waals surface area contributed by atoms with Gasteiger partial charge in [0.05, 0.1) is 11.4 Å². The van der Waals surface area contributed by atoms with Crippen LogP contribution in [0.5, 0.6) is 11.6 Å². The van der Waals surface area contributed by atoms with Crippen LogP contribution in [0.1, 0.15) is 28.1 Å². The smallest absolute Gasteiger partial charge is 0.219 e. The Bertz CT molecular complexity index is 1390. The van der Waals surface area contributed by atoms with Crippen molar-refractivity contribution in [3.63, 3.8) is 0 Å². The number of hydrogen-bond acceptors (Lipinski definition) is 4. The molecule has 0 saturated heterocycles. The van der Waals surface area contributed by atoms with Gasteiger partial charge in [0.1, 0.15) is 11.4 Å². The SMILES string of the molecule is Cc1ccc(Cc2nc3c(Cc4ccccc4)nc(-c4cccc(O)c4)cn3c2O)cc1. The van der Waals surface area contributed by atoms with Gasteiger partial charge in [-0.25, -0.2) is 9.97 Å². The fraction of sp³-hybridized carbons (Fsp3) is 0.111. The van der Waals surface area contributed by atoms with Crippen LogP contribution in [0.3, 0.4) is 0 Å². The molecule has 0 spiro atoms. The monoisotopic (exact) mass is 421 g/mol. The van der Waals surface area contributed by atoms with Crippen molar-refractivity contribution in [2.24, 2.45) is 0 Å². The minimum atomic E-state index is 0.110. The zero-order chi connectivity index (χ0) is 22.1. The van der Waals surface area contributed by atoms with Crippen molar-refractivity contribution in [1.29, 1.82) is 0 Å². The van der Waals surface area contributed by atoms with Gasteiger partial charge >= 0.3 is 0 Å². The lowest BCUT2D eigenvalue weighted by Gasteiger charge is -2.09. The average molecular weight is 422 g/mol. The van der Waals surface area contributed by atoms with Gasteiger partial charge < -0.3 is 10.2 Å². The van der Waals surface area contributed by atoms with Crippen LogP contribution in [-0.4, -0.2) is 24.6 Å². The summed E-state index contributed by atoms with van der Waals surface area (Å²) in [7, 11) is 0. The fourth-order valence-electron chi connectivity index (χ4n) is 3.87. The molecule has 2 N–H and O–H groups in total. The van der Waals surface area contributed by atoms with Gasteiger partial charge in [-0.1, -0.05) is 72.3 Å². The predicted octanol–water partition coefficient (Wildman–Crippen LogP) is 5.30. The Hall–Kier alpha value is -4.12. The molecule has 158 valence electrons. The van der Waals surface area contributed by atoms with Crippen molar-refractivity contribution in [3.8, 4) is 22.9 Å². The summed E-state index contributed by atoms with van der Waals surface area (Å²) in [5, 5.41) is 21.0. The van der Waals surface area contributed by atoms with E-state index in [9.17, 15) is 10.2 Å². The second kappa shape index (κ2) is 8.19. The van der Waals surface area contributed by atoms with Gasteiger partial charge in [-0.05, 0) is 30.2 Å². The lowest BCUT2D eigenvalue weighted by atomic mass is 10.1. The Balaban J connectivity index is 1.65. The first-order chi connectivity index (χ1) is 15.6. The molecular formula is C27H23N3O2. The highest BCUT2D eigenvalue weighted by Crippen LogP contribution is 2.29. The first-order valence-corrected chi connectivity index (χ1v) is 10.6. The summed E-state index contributed by atoms with van der Waals surface area (Å²) in [6.07, 6.45) is 2.89. The van der Waals surface area contributed by atoms with Crippen LogP contribution in [0.2, 0.25) is 0 Å². The van der Waals surface area contributed by atoms with E-state index >= 15 is 0 Å². The van der Waals surface area contributed by atoms with Gasteiger partial charge in [-0.15, -0.1) is 0 Å². The third kappa shape index (κ3) is 3.93. The number of rotatable bonds is 5. The quantitative estimate of drug-likeness (QED) is 0.404. The van der Waals surface area contributed by atoms with Crippen LogP contribution in [0, 0.1) is 6.92 Å². The first kappa shape index (κ1) is 19.8. The molecule has 0 fully saturated rings. The standard InChI is InChI=1S/C27H23N3O2/c1-18-10-12-20(13-11-18)15-24-27(32)30-17-25(21-8-5-9-22(31)16-21)28-23(26(30)29-24)14-19-6-3-2-4-7-19/h2-13,16-17,31-32H,14-15H2,1H3. The van der Waals surface area contributed by atoms with Crippen molar-refractivity contribution >= 4 is 5.65 Å². The van der Waals surface area contributed by atoms with Crippen molar-refractivity contribution in [2.75, 3.05) is 0 Å². The lowest BCUT2D eigenvalue weighted by molar-refractivity contribution is 0.442. The van der Waals surface area contributed by atoms with Crippen LogP contribution in [0.15, 0.2) is 85.1 Å². The van der Waals surface area contributed by atoms with Crippen LogP contribution in [0.4, 0.5) is 0 Å². The van der Waals surface area contributed by atoms with E-state index in [1.54, 1.807) is 28.8 Å². The molecule has 0 amide bonds. The number of benzene rings is 3. The zero-order valence-corrected chi connectivity index (χ0v) is 17.7. The molecule has 5 rings (SSSR count). The Morgan fingerprint density at radius 1 is 0.750 bits per heavy atom. The van der Waals surface area contributed by atoms with Crippen LogP contribution in [0.25, 0.3) is 16.9 Å². The molecule has 0 bridgehead atoms. The van der Waals surface area contributed by atoms with Gasteiger partial charge in [-0.3, -0.25) is 4.40 Å². The molecule has 0 atom stereocenters. The highest BCUT2D eigenvalue weighted by Gasteiger charge is 2.18. The van der Waals surface area contributed by atoms with Gasteiger partial charge in [-0.2, -0.15) is 0 Å². The van der Waals surface area contributed by atoms with E-state index in [0.717, 1.165) is 22.4 Å². The number of aromatic nitrogens is 3. The number of nitrogens with zero attached hydrogens (tertiary/aromatic N) is 3. The predicted molar refractivity (Wildman–Crippen MR) is 125 cm³/mol. The normalized spacial score (nSPS) is 11.2. The molecular weight excluding hydrogens is 398 g/mol. The Kier molecular flexibility index (Phi) is 5.07. The fourth-order valence-corrected chi connectivity index (χ4v) is 3.87. The summed E-state index contributed by atoms with van der Waals surface area (Å²) in [6, 6.07) is 25.3. The van der Waals surface area contributed by atoms with Crippen molar-refractivity contribution in [2.45, 2.75) is 19.8 Å². The molecule has 2 aromatic heterocycles. The third-order valence-electron chi connectivity index (χ3n) is 5.57. The number of phenols is 1. The maximum Gasteiger partial charge on any atom is 0.219 e. The Morgan fingerprint density at radius 3 is 2.22 bits per heavy atom. The highest BCUT2D eigenvalue weighted by molar-refractivity contribution is 5.64. The second-order valence-electron chi connectivity index (χ2n) is 8.02. The summed E-state index contributed by atoms with van der Waals surface area (Å²) < 4.78 is 1.70. The number of fused-ring (bicyclic) bond motifs is 1. The van der Waals surface area contributed by atoms with E-state index in [1.807, 2.05) is 24.3 Å². The Labute approximate surface area is 186 Å². The van der Waals surface area contributed by atoms with E-state index in [0.29, 0.717) is 29.9 Å². The summed E-state index contributed by atoms with van der Waals surface area (Å²) in [5.41, 5.74) is 6.83. The van der Waals surface area contributed by atoms with Gasteiger partial charge in [0.15, 0.2) is 5.65 Å². The zero-order valence-electron chi connectivity index (χ0n) is 17.7. The molecule has 0 aliphatic rings.